The van der Waals surface area contributed by atoms with Crippen molar-refractivity contribution in [1.82, 2.24) is 4.57 Å². The monoisotopic (exact) mass is 322 g/mol. The Morgan fingerprint density at radius 3 is 2.54 bits per heavy atom. The van der Waals surface area contributed by atoms with Gasteiger partial charge >= 0.3 is 0 Å². The van der Waals surface area contributed by atoms with Gasteiger partial charge in [-0.3, -0.25) is 0 Å². The molecule has 1 heterocycles. The van der Waals surface area contributed by atoms with Crippen LogP contribution < -0.4 is 10.5 Å². The number of benzene rings is 2. The van der Waals surface area contributed by atoms with Crippen LogP contribution in [0.5, 0.6) is 5.75 Å². The number of aryl methyl sites for hydroxylation is 1. The topological polar surface area (TPSA) is 40.2 Å². The lowest BCUT2D eigenvalue weighted by atomic mass is 9.90. The van der Waals surface area contributed by atoms with Crippen LogP contribution >= 0.6 is 0 Å². The lowest BCUT2D eigenvalue weighted by Crippen LogP contribution is -2.16. The molecule has 0 aliphatic rings. The Bertz CT molecular complexity index is 835. The van der Waals surface area contributed by atoms with Crippen LogP contribution in [0.3, 0.4) is 0 Å². The molecule has 1 atom stereocenters. The average Bonchev–Trinajstić information content (AvgIpc) is 2.85. The van der Waals surface area contributed by atoms with Gasteiger partial charge in [-0.25, -0.2) is 0 Å². The molecule has 3 aromatic rings. The summed E-state index contributed by atoms with van der Waals surface area (Å²) < 4.78 is 8.09. The first-order valence-corrected chi connectivity index (χ1v) is 8.62. The number of fused-ring (bicyclic) bond motifs is 1. The number of hydrogen-bond acceptors (Lipinski definition) is 2. The van der Waals surface area contributed by atoms with E-state index < -0.39 is 0 Å². The number of aromatic nitrogens is 1. The van der Waals surface area contributed by atoms with Crippen molar-refractivity contribution in [3.05, 3.63) is 65.4 Å². The van der Waals surface area contributed by atoms with Gasteiger partial charge in [0.25, 0.3) is 0 Å². The third kappa shape index (κ3) is 2.92. The van der Waals surface area contributed by atoms with Crippen molar-refractivity contribution in [3.8, 4) is 5.75 Å². The summed E-state index contributed by atoms with van der Waals surface area (Å²) in [6.07, 6.45) is 0.924. The molecular formula is C21H26N2O. The largest absolute Gasteiger partial charge is 0.494 e. The van der Waals surface area contributed by atoms with Gasteiger partial charge in [0.15, 0.2) is 0 Å². The van der Waals surface area contributed by atoms with Gasteiger partial charge in [-0.2, -0.15) is 0 Å². The van der Waals surface area contributed by atoms with Crippen molar-refractivity contribution in [3.63, 3.8) is 0 Å². The third-order valence-electron chi connectivity index (χ3n) is 4.92. The van der Waals surface area contributed by atoms with Gasteiger partial charge < -0.3 is 15.0 Å². The molecule has 0 aliphatic carbocycles. The second-order valence-corrected chi connectivity index (χ2v) is 6.25. The summed E-state index contributed by atoms with van der Waals surface area (Å²) in [6.45, 7) is 5.48. The summed E-state index contributed by atoms with van der Waals surface area (Å²) in [5, 5.41) is 1.32. The first kappa shape index (κ1) is 16.6. The second kappa shape index (κ2) is 7.10. The number of nitrogens with zero attached hydrogens (tertiary/aromatic N) is 1. The fraction of sp³-hybridized carbons (Fsp3) is 0.333. The van der Waals surface area contributed by atoms with E-state index in [0.717, 1.165) is 12.2 Å². The van der Waals surface area contributed by atoms with Gasteiger partial charge in [0, 0.05) is 29.6 Å². The van der Waals surface area contributed by atoms with Crippen LogP contribution in [0, 0.1) is 6.92 Å². The van der Waals surface area contributed by atoms with Crippen molar-refractivity contribution >= 4 is 10.9 Å². The molecule has 1 unspecified atom stereocenters. The maximum absolute atomic E-state index is 6.16. The van der Waals surface area contributed by atoms with Crippen molar-refractivity contribution in [2.75, 3.05) is 13.2 Å². The van der Waals surface area contributed by atoms with Crippen LogP contribution in [0.15, 0.2) is 48.5 Å². The minimum atomic E-state index is 0.247. The molecule has 2 aromatic carbocycles. The van der Waals surface area contributed by atoms with E-state index in [4.69, 9.17) is 10.5 Å². The standard InChI is InChI=1S/C21H26N2O/c1-4-24-21-12-8-6-9-17(21)16(14-22)13-19-15(2)23(3)20-11-7-5-10-18(19)20/h5-12,16H,4,13-14,22H2,1-3H3. The van der Waals surface area contributed by atoms with Crippen LogP contribution in [0.4, 0.5) is 0 Å². The van der Waals surface area contributed by atoms with E-state index in [1.54, 1.807) is 0 Å². The van der Waals surface area contributed by atoms with Crippen molar-refractivity contribution < 1.29 is 4.74 Å². The number of hydrogen-bond donors (Lipinski definition) is 1. The smallest absolute Gasteiger partial charge is 0.122 e. The van der Waals surface area contributed by atoms with Crippen molar-refractivity contribution in [2.45, 2.75) is 26.2 Å². The van der Waals surface area contributed by atoms with Crippen LogP contribution in [0.2, 0.25) is 0 Å². The van der Waals surface area contributed by atoms with E-state index in [9.17, 15) is 0 Å². The van der Waals surface area contributed by atoms with Crippen molar-refractivity contribution in [2.24, 2.45) is 12.8 Å². The van der Waals surface area contributed by atoms with Crippen LogP contribution in [0.25, 0.3) is 10.9 Å². The Hall–Kier alpha value is -2.26. The molecule has 126 valence electrons. The van der Waals surface area contributed by atoms with Gasteiger partial charge in [-0.05, 0) is 50.1 Å². The first-order chi connectivity index (χ1) is 11.7. The highest BCUT2D eigenvalue weighted by Crippen LogP contribution is 2.33. The van der Waals surface area contributed by atoms with Crippen LogP contribution in [0.1, 0.15) is 29.7 Å². The summed E-state index contributed by atoms with van der Waals surface area (Å²) in [5.74, 6) is 1.20. The summed E-state index contributed by atoms with van der Waals surface area (Å²) in [6, 6.07) is 16.9. The normalized spacial score (nSPS) is 12.5. The molecule has 0 radical (unpaired) electrons. The Morgan fingerprint density at radius 2 is 1.79 bits per heavy atom. The SMILES string of the molecule is CCOc1ccccc1C(CN)Cc1c(C)n(C)c2ccccc12. The van der Waals surface area contributed by atoms with E-state index in [1.807, 2.05) is 19.1 Å². The molecule has 0 amide bonds. The highest BCUT2D eigenvalue weighted by Gasteiger charge is 2.19. The molecule has 0 bridgehead atoms. The molecule has 0 fully saturated rings. The molecule has 3 nitrogen and oxygen atoms in total. The van der Waals surface area contributed by atoms with Gasteiger partial charge in [0.1, 0.15) is 5.75 Å². The molecular weight excluding hydrogens is 296 g/mol. The number of nitrogens with two attached hydrogens (primary N) is 1. The molecule has 24 heavy (non-hydrogen) atoms. The molecule has 0 aliphatic heterocycles. The average molecular weight is 322 g/mol. The summed E-state index contributed by atoms with van der Waals surface area (Å²) in [5.41, 5.74) is 11.3. The molecule has 3 rings (SSSR count). The minimum absolute atomic E-state index is 0.247. The molecule has 0 saturated heterocycles. The highest BCUT2D eigenvalue weighted by atomic mass is 16.5. The third-order valence-corrected chi connectivity index (χ3v) is 4.92. The lowest BCUT2D eigenvalue weighted by Gasteiger charge is -2.19. The first-order valence-electron chi connectivity index (χ1n) is 8.62. The zero-order valence-electron chi connectivity index (χ0n) is 14.8. The fourth-order valence-corrected chi connectivity index (χ4v) is 3.53. The fourth-order valence-electron chi connectivity index (χ4n) is 3.53. The molecule has 0 saturated carbocycles. The lowest BCUT2D eigenvalue weighted by molar-refractivity contribution is 0.334. The number of para-hydroxylation sites is 2. The van der Waals surface area contributed by atoms with E-state index in [2.05, 4.69) is 54.9 Å². The van der Waals surface area contributed by atoms with E-state index in [0.29, 0.717) is 13.2 Å². The Kier molecular flexibility index (Phi) is 4.91. The maximum Gasteiger partial charge on any atom is 0.122 e. The predicted molar refractivity (Wildman–Crippen MR) is 101 cm³/mol. The zero-order valence-corrected chi connectivity index (χ0v) is 14.8. The predicted octanol–water partition coefficient (Wildman–Crippen LogP) is 4.17. The summed E-state index contributed by atoms with van der Waals surface area (Å²) >= 11 is 0. The van der Waals surface area contributed by atoms with E-state index in [-0.39, 0.29) is 5.92 Å². The molecule has 2 N–H and O–H groups in total. The van der Waals surface area contributed by atoms with Crippen molar-refractivity contribution in [1.29, 1.82) is 0 Å². The number of rotatable bonds is 6. The van der Waals surface area contributed by atoms with Gasteiger partial charge in [-0.15, -0.1) is 0 Å². The zero-order chi connectivity index (χ0) is 17.1. The highest BCUT2D eigenvalue weighted by molar-refractivity contribution is 5.85. The minimum Gasteiger partial charge on any atom is -0.494 e. The van der Waals surface area contributed by atoms with Gasteiger partial charge in [-0.1, -0.05) is 36.4 Å². The van der Waals surface area contributed by atoms with E-state index >= 15 is 0 Å². The Morgan fingerprint density at radius 1 is 1.08 bits per heavy atom. The summed E-state index contributed by atoms with van der Waals surface area (Å²) in [7, 11) is 2.13. The van der Waals surface area contributed by atoms with Crippen LogP contribution in [-0.2, 0) is 13.5 Å². The maximum atomic E-state index is 6.16. The molecule has 0 spiro atoms. The molecule has 3 heteroatoms. The van der Waals surface area contributed by atoms with E-state index in [1.165, 1.54) is 27.7 Å². The summed E-state index contributed by atoms with van der Waals surface area (Å²) in [4.78, 5) is 0. The number of ether oxygens (including phenoxy) is 1. The van der Waals surface area contributed by atoms with Gasteiger partial charge in [0.2, 0.25) is 0 Å². The molecule has 1 aromatic heterocycles. The van der Waals surface area contributed by atoms with Crippen LogP contribution in [-0.4, -0.2) is 17.7 Å². The Labute approximate surface area is 144 Å². The second-order valence-electron chi connectivity index (χ2n) is 6.25. The quantitative estimate of drug-likeness (QED) is 0.740. The van der Waals surface area contributed by atoms with Gasteiger partial charge in [0.05, 0.1) is 6.61 Å². The Balaban J connectivity index is 2.02.